The predicted molar refractivity (Wildman–Crippen MR) is 81.9 cm³/mol. The predicted octanol–water partition coefficient (Wildman–Crippen LogP) is 4.99. The van der Waals surface area contributed by atoms with Crippen LogP contribution in [0.15, 0.2) is 22.7 Å². The van der Waals surface area contributed by atoms with Crippen LogP contribution in [0, 0.1) is 12.8 Å². The molecule has 2 rings (SSSR count). The summed E-state index contributed by atoms with van der Waals surface area (Å²) in [6.07, 6.45) is 7.01. The summed E-state index contributed by atoms with van der Waals surface area (Å²) in [6, 6.07) is 7.10. The zero-order chi connectivity index (χ0) is 13.0. The van der Waals surface area contributed by atoms with Gasteiger partial charge in [0, 0.05) is 10.5 Å². The van der Waals surface area contributed by atoms with Gasteiger partial charge in [0.15, 0.2) is 0 Å². The van der Waals surface area contributed by atoms with Crippen LogP contribution < -0.4 is 5.32 Å². The van der Waals surface area contributed by atoms with E-state index in [2.05, 4.69) is 53.3 Å². The molecule has 1 N–H and O–H groups in total. The topological polar surface area (TPSA) is 12.0 Å². The third-order valence-electron chi connectivity index (χ3n) is 4.18. The van der Waals surface area contributed by atoms with Crippen LogP contribution in [0.1, 0.15) is 56.2 Å². The second-order valence-corrected chi connectivity index (χ2v) is 6.30. The van der Waals surface area contributed by atoms with Gasteiger partial charge in [-0.25, -0.2) is 0 Å². The second-order valence-electron chi connectivity index (χ2n) is 5.45. The van der Waals surface area contributed by atoms with E-state index in [0.29, 0.717) is 6.04 Å². The van der Waals surface area contributed by atoms with Crippen molar-refractivity contribution in [3.05, 3.63) is 33.8 Å². The van der Waals surface area contributed by atoms with E-state index in [1.54, 1.807) is 0 Å². The molecule has 1 unspecified atom stereocenters. The Bertz CT molecular complexity index is 383. The molecule has 1 aliphatic carbocycles. The SMILES string of the molecule is CCNC(CC1CCCC1)c1cccc(Br)c1C. The molecular weight excluding hydrogens is 286 g/mol. The molecule has 0 heterocycles. The lowest BCUT2D eigenvalue weighted by molar-refractivity contribution is 0.399. The lowest BCUT2D eigenvalue weighted by Crippen LogP contribution is -2.23. The minimum absolute atomic E-state index is 0.524. The summed E-state index contributed by atoms with van der Waals surface area (Å²) in [5.41, 5.74) is 2.86. The molecular formula is C16H24BrN. The Balaban J connectivity index is 2.14. The van der Waals surface area contributed by atoms with Crippen LogP contribution in [0.4, 0.5) is 0 Å². The molecule has 18 heavy (non-hydrogen) atoms. The van der Waals surface area contributed by atoms with Gasteiger partial charge in [0.05, 0.1) is 0 Å². The van der Waals surface area contributed by atoms with Crippen LogP contribution in [0.25, 0.3) is 0 Å². The van der Waals surface area contributed by atoms with Crippen molar-refractivity contribution < 1.29 is 0 Å². The van der Waals surface area contributed by atoms with Gasteiger partial charge >= 0.3 is 0 Å². The molecule has 0 aliphatic heterocycles. The Hall–Kier alpha value is -0.340. The van der Waals surface area contributed by atoms with E-state index in [1.807, 2.05) is 0 Å². The molecule has 0 radical (unpaired) electrons. The average molecular weight is 310 g/mol. The van der Waals surface area contributed by atoms with E-state index in [-0.39, 0.29) is 0 Å². The first-order valence-electron chi connectivity index (χ1n) is 7.20. The third kappa shape index (κ3) is 3.36. The average Bonchev–Trinajstić information content (AvgIpc) is 2.85. The highest BCUT2D eigenvalue weighted by Gasteiger charge is 2.22. The van der Waals surface area contributed by atoms with Crippen molar-refractivity contribution in [3.63, 3.8) is 0 Å². The highest BCUT2D eigenvalue weighted by molar-refractivity contribution is 9.10. The standard InChI is InChI=1S/C16H24BrN/c1-3-18-16(11-13-7-4-5-8-13)14-9-6-10-15(17)12(14)2/h6,9-10,13,16,18H,3-5,7-8,11H2,1-2H3. The number of halogens is 1. The zero-order valence-electron chi connectivity index (χ0n) is 11.5. The van der Waals surface area contributed by atoms with Gasteiger partial charge in [-0.05, 0) is 43.0 Å². The van der Waals surface area contributed by atoms with E-state index in [4.69, 9.17) is 0 Å². The van der Waals surface area contributed by atoms with Gasteiger partial charge in [0.25, 0.3) is 0 Å². The van der Waals surface area contributed by atoms with Gasteiger partial charge < -0.3 is 5.32 Å². The van der Waals surface area contributed by atoms with Crippen LogP contribution in [0.5, 0.6) is 0 Å². The first-order chi connectivity index (χ1) is 8.72. The molecule has 0 bridgehead atoms. The van der Waals surface area contributed by atoms with Gasteiger partial charge in [-0.1, -0.05) is 60.7 Å². The lowest BCUT2D eigenvalue weighted by Gasteiger charge is -2.24. The smallest absolute Gasteiger partial charge is 0.0325 e. The lowest BCUT2D eigenvalue weighted by atomic mass is 9.91. The molecule has 2 heteroatoms. The van der Waals surface area contributed by atoms with Crippen molar-refractivity contribution in [3.8, 4) is 0 Å². The second kappa shape index (κ2) is 6.72. The summed E-state index contributed by atoms with van der Waals surface area (Å²) in [5.74, 6) is 0.924. The van der Waals surface area contributed by atoms with Gasteiger partial charge in [-0.3, -0.25) is 0 Å². The van der Waals surface area contributed by atoms with Gasteiger partial charge in [0.1, 0.15) is 0 Å². The number of hydrogen-bond donors (Lipinski definition) is 1. The number of hydrogen-bond acceptors (Lipinski definition) is 1. The largest absolute Gasteiger partial charge is 0.310 e. The van der Waals surface area contributed by atoms with Crippen molar-refractivity contribution in [2.45, 2.75) is 52.0 Å². The number of rotatable bonds is 5. The Kier molecular flexibility index (Phi) is 5.25. The molecule has 1 aromatic carbocycles. The van der Waals surface area contributed by atoms with Crippen molar-refractivity contribution in [1.82, 2.24) is 5.32 Å². The number of benzene rings is 1. The summed E-state index contributed by atoms with van der Waals surface area (Å²) in [7, 11) is 0. The minimum Gasteiger partial charge on any atom is -0.310 e. The van der Waals surface area contributed by atoms with Crippen molar-refractivity contribution in [2.75, 3.05) is 6.54 Å². The van der Waals surface area contributed by atoms with Crippen molar-refractivity contribution >= 4 is 15.9 Å². The maximum Gasteiger partial charge on any atom is 0.0325 e. The third-order valence-corrected chi connectivity index (χ3v) is 5.04. The van der Waals surface area contributed by atoms with E-state index in [1.165, 1.54) is 47.7 Å². The maximum absolute atomic E-state index is 3.67. The summed E-state index contributed by atoms with van der Waals surface area (Å²) in [5, 5.41) is 3.67. The minimum atomic E-state index is 0.524. The fraction of sp³-hybridized carbons (Fsp3) is 0.625. The van der Waals surface area contributed by atoms with Gasteiger partial charge in [-0.2, -0.15) is 0 Å². The van der Waals surface area contributed by atoms with Crippen molar-refractivity contribution in [2.24, 2.45) is 5.92 Å². The van der Waals surface area contributed by atoms with E-state index >= 15 is 0 Å². The van der Waals surface area contributed by atoms with Crippen LogP contribution >= 0.6 is 15.9 Å². The Morgan fingerprint density at radius 3 is 2.72 bits per heavy atom. The van der Waals surface area contributed by atoms with Crippen LogP contribution in [-0.4, -0.2) is 6.54 Å². The summed E-state index contributed by atoms with van der Waals surface area (Å²) in [6.45, 7) is 5.47. The molecule has 1 saturated carbocycles. The van der Waals surface area contributed by atoms with Crippen LogP contribution in [-0.2, 0) is 0 Å². The molecule has 1 aromatic rings. The van der Waals surface area contributed by atoms with Crippen LogP contribution in [0.2, 0.25) is 0 Å². The van der Waals surface area contributed by atoms with Gasteiger partial charge in [0.2, 0.25) is 0 Å². The molecule has 100 valence electrons. The Morgan fingerprint density at radius 1 is 1.33 bits per heavy atom. The molecule has 0 aromatic heterocycles. The first kappa shape index (κ1) is 14.1. The molecule has 0 saturated heterocycles. The van der Waals surface area contributed by atoms with E-state index in [0.717, 1.165) is 12.5 Å². The van der Waals surface area contributed by atoms with Gasteiger partial charge in [-0.15, -0.1) is 0 Å². The molecule has 1 aliphatic rings. The fourth-order valence-electron chi connectivity index (χ4n) is 3.15. The molecule has 1 atom stereocenters. The van der Waals surface area contributed by atoms with E-state index < -0.39 is 0 Å². The normalized spacial score (nSPS) is 18.2. The monoisotopic (exact) mass is 309 g/mol. The summed E-state index contributed by atoms with van der Waals surface area (Å²) in [4.78, 5) is 0. The highest BCUT2D eigenvalue weighted by atomic mass is 79.9. The van der Waals surface area contributed by atoms with Crippen molar-refractivity contribution in [1.29, 1.82) is 0 Å². The molecule has 1 fully saturated rings. The maximum atomic E-state index is 3.67. The molecule has 0 spiro atoms. The molecule has 1 nitrogen and oxygen atoms in total. The quantitative estimate of drug-likeness (QED) is 0.808. The van der Waals surface area contributed by atoms with E-state index in [9.17, 15) is 0 Å². The zero-order valence-corrected chi connectivity index (χ0v) is 13.1. The highest BCUT2D eigenvalue weighted by Crippen LogP contribution is 2.35. The van der Waals surface area contributed by atoms with Crippen LogP contribution in [0.3, 0.4) is 0 Å². The molecule has 0 amide bonds. The Morgan fingerprint density at radius 2 is 2.06 bits per heavy atom. The first-order valence-corrected chi connectivity index (χ1v) is 8.00. The summed E-state index contributed by atoms with van der Waals surface area (Å²) >= 11 is 3.65. The summed E-state index contributed by atoms with van der Waals surface area (Å²) < 4.78 is 1.23. The fourth-order valence-corrected chi connectivity index (χ4v) is 3.53. The number of nitrogens with one attached hydrogen (secondary N) is 1. The Labute approximate surface area is 119 Å².